The third-order valence-electron chi connectivity index (χ3n) is 7.70. The predicted octanol–water partition coefficient (Wildman–Crippen LogP) is 2.14. The largest absolute Gasteiger partial charge is 0.388 e. The molecule has 0 aromatic heterocycles. The molecule has 10 atom stereocenters. The number of halogens is 1. The minimum atomic E-state index is -0.790. The zero-order valence-electron chi connectivity index (χ0n) is 11.0. The van der Waals surface area contributed by atoms with Gasteiger partial charge in [-0.15, -0.1) is 0 Å². The monoisotopic (exact) mass is 332 g/mol. The van der Waals surface area contributed by atoms with Crippen molar-refractivity contribution in [1.29, 1.82) is 0 Å². The Hall–Kier alpha value is -0.380. The van der Waals surface area contributed by atoms with Crippen molar-refractivity contribution in [3.05, 3.63) is 35.9 Å². The van der Waals surface area contributed by atoms with Gasteiger partial charge in [0.05, 0.1) is 11.2 Å². The SMILES string of the molecule is O[C@@]1(c2ccccc2)[C@@H]2[C@@H]3C[C@H]4[C@@H]5[C@H]3[C@H]1[C@](O)([C@@H]42)[C@@H]5Br. The molecule has 6 bridgehead atoms. The van der Waals surface area contributed by atoms with Gasteiger partial charge in [-0.05, 0) is 41.6 Å². The van der Waals surface area contributed by atoms with E-state index in [-0.39, 0.29) is 16.7 Å². The van der Waals surface area contributed by atoms with E-state index in [1.54, 1.807) is 0 Å². The van der Waals surface area contributed by atoms with Crippen LogP contribution in [0.2, 0.25) is 0 Å². The van der Waals surface area contributed by atoms with Gasteiger partial charge in [-0.25, -0.2) is 0 Å². The third-order valence-corrected chi connectivity index (χ3v) is 9.05. The van der Waals surface area contributed by atoms with Gasteiger partial charge in [0.25, 0.3) is 0 Å². The topological polar surface area (TPSA) is 40.5 Å². The molecule has 2 N–H and O–H groups in total. The molecule has 6 fully saturated rings. The second-order valence-corrected chi connectivity index (χ2v) is 8.71. The highest BCUT2D eigenvalue weighted by Gasteiger charge is 2.92. The van der Waals surface area contributed by atoms with Gasteiger partial charge in [0.2, 0.25) is 0 Å². The molecule has 3 heteroatoms. The van der Waals surface area contributed by atoms with Gasteiger partial charge in [-0.1, -0.05) is 46.3 Å². The summed E-state index contributed by atoms with van der Waals surface area (Å²) in [5.41, 5.74) is -0.420. The molecule has 0 unspecified atom stereocenters. The Morgan fingerprint density at radius 2 is 1.70 bits per heavy atom. The lowest BCUT2D eigenvalue weighted by atomic mass is 9.69. The van der Waals surface area contributed by atoms with Gasteiger partial charge in [-0.2, -0.15) is 0 Å². The summed E-state index contributed by atoms with van der Waals surface area (Å²) < 4.78 is 0. The smallest absolute Gasteiger partial charge is 0.0989 e. The molecule has 0 spiro atoms. The summed E-state index contributed by atoms with van der Waals surface area (Å²) in [6.45, 7) is 0. The standard InChI is InChI=1S/C17H17BrO2/c18-15-11-9-6-8-10(11)14-16(19,7-4-2-1-3-5-7)12(8)13(9)17(14,15)20/h1-5,8-15,19-20H,6H2/t8-,9+,10+,11-,12-,13+,14-,15-,16+,17-/m1/s1. The van der Waals surface area contributed by atoms with E-state index in [2.05, 4.69) is 28.1 Å². The molecule has 0 amide bonds. The second-order valence-electron chi connectivity index (χ2n) is 7.73. The van der Waals surface area contributed by atoms with E-state index in [0.717, 1.165) is 5.56 Å². The summed E-state index contributed by atoms with van der Waals surface area (Å²) in [5.74, 6) is 3.09. The minimum absolute atomic E-state index is 0.0468. The summed E-state index contributed by atoms with van der Waals surface area (Å²) in [5, 5.41) is 23.0. The van der Waals surface area contributed by atoms with Crippen molar-refractivity contribution < 1.29 is 10.2 Å². The molecule has 0 aliphatic heterocycles. The van der Waals surface area contributed by atoms with Crippen LogP contribution in [-0.2, 0) is 5.60 Å². The first-order valence-corrected chi connectivity index (χ1v) is 8.67. The van der Waals surface area contributed by atoms with Crippen LogP contribution in [0.5, 0.6) is 0 Å². The molecule has 104 valence electrons. The number of hydrogen-bond acceptors (Lipinski definition) is 2. The van der Waals surface area contributed by atoms with E-state index >= 15 is 0 Å². The van der Waals surface area contributed by atoms with Crippen LogP contribution < -0.4 is 0 Å². The minimum Gasteiger partial charge on any atom is -0.388 e. The lowest BCUT2D eigenvalue weighted by Crippen LogP contribution is -2.47. The zero-order valence-corrected chi connectivity index (χ0v) is 12.6. The van der Waals surface area contributed by atoms with Crippen LogP contribution in [0.4, 0.5) is 0 Å². The number of benzene rings is 1. The fraction of sp³-hybridized carbons (Fsp3) is 0.647. The molecule has 0 saturated heterocycles. The Labute approximate surface area is 126 Å². The molecule has 7 rings (SSSR count). The molecule has 6 aliphatic rings. The average molecular weight is 333 g/mol. The number of hydrogen-bond donors (Lipinski definition) is 2. The first-order chi connectivity index (χ1) is 9.61. The van der Waals surface area contributed by atoms with Crippen LogP contribution in [0.1, 0.15) is 12.0 Å². The van der Waals surface area contributed by atoms with Gasteiger partial charge in [0.1, 0.15) is 0 Å². The normalized spacial score (nSPS) is 67.0. The lowest BCUT2D eigenvalue weighted by molar-refractivity contribution is -0.0777. The Balaban J connectivity index is 1.65. The Kier molecular flexibility index (Phi) is 1.63. The van der Waals surface area contributed by atoms with Crippen LogP contribution in [-0.4, -0.2) is 20.6 Å². The van der Waals surface area contributed by atoms with E-state index in [1.165, 1.54) is 6.42 Å². The van der Waals surface area contributed by atoms with Crippen molar-refractivity contribution in [3.63, 3.8) is 0 Å². The van der Waals surface area contributed by atoms with Crippen LogP contribution in [0, 0.1) is 41.4 Å². The lowest BCUT2D eigenvalue weighted by Gasteiger charge is -2.38. The molecule has 6 aliphatic carbocycles. The maximum absolute atomic E-state index is 11.6. The zero-order chi connectivity index (χ0) is 13.4. The highest BCUT2D eigenvalue weighted by Crippen LogP contribution is 2.88. The molecule has 0 radical (unpaired) electrons. The second kappa shape index (κ2) is 2.90. The molecule has 20 heavy (non-hydrogen) atoms. The first kappa shape index (κ1) is 11.2. The van der Waals surface area contributed by atoms with Gasteiger partial charge in [-0.3, -0.25) is 0 Å². The van der Waals surface area contributed by atoms with Crippen molar-refractivity contribution in [2.24, 2.45) is 41.4 Å². The van der Waals surface area contributed by atoms with Crippen LogP contribution in [0.15, 0.2) is 30.3 Å². The molecule has 6 saturated carbocycles. The van der Waals surface area contributed by atoms with E-state index in [4.69, 9.17) is 0 Å². The molecular weight excluding hydrogens is 316 g/mol. The fourth-order valence-electron chi connectivity index (χ4n) is 7.73. The summed E-state index contributed by atoms with van der Waals surface area (Å²) in [6, 6.07) is 10.1. The van der Waals surface area contributed by atoms with Gasteiger partial charge >= 0.3 is 0 Å². The van der Waals surface area contributed by atoms with Gasteiger partial charge in [0, 0.05) is 16.7 Å². The molecule has 1 aromatic carbocycles. The average Bonchev–Trinajstić information content (AvgIpc) is 3.16. The van der Waals surface area contributed by atoms with Crippen molar-refractivity contribution in [3.8, 4) is 0 Å². The fourth-order valence-corrected chi connectivity index (χ4v) is 9.06. The maximum Gasteiger partial charge on any atom is 0.0989 e. The Morgan fingerprint density at radius 1 is 1.00 bits per heavy atom. The summed E-state index contributed by atoms with van der Waals surface area (Å²) in [7, 11) is 0. The number of alkyl halides is 1. The van der Waals surface area contributed by atoms with E-state index in [1.807, 2.05) is 18.2 Å². The highest BCUT2D eigenvalue weighted by molar-refractivity contribution is 9.09. The van der Waals surface area contributed by atoms with E-state index in [0.29, 0.717) is 29.6 Å². The van der Waals surface area contributed by atoms with Crippen LogP contribution in [0.3, 0.4) is 0 Å². The molecular formula is C17H17BrO2. The Morgan fingerprint density at radius 3 is 2.40 bits per heavy atom. The van der Waals surface area contributed by atoms with Crippen molar-refractivity contribution >= 4 is 15.9 Å². The quantitative estimate of drug-likeness (QED) is 0.773. The summed E-state index contributed by atoms with van der Waals surface area (Å²) >= 11 is 3.81. The van der Waals surface area contributed by atoms with Crippen molar-refractivity contribution in [2.75, 3.05) is 0 Å². The van der Waals surface area contributed by atoms with E-state index in [9.17, 15) is 10.2 Å². The van der Waals surface area contributed by atoms with Gasteiger partial charge < -0.3 is 10.2 Å². The number of rotatable bonds is 1. The van der Waals surface area contributed by atoms with Gasteiger partial charge in [0.15, 0.2) is 0 Å². The predicted molar refractivity (Wildman–Crippen MR) is 77.1 cm³/mol. The van der Waals surface area contributed by atoms with Crippen LogP contribution >= 0.6 is 15.9 Å². The van der Waals surface area contributed by atoms with Crippen LogP contribution in [0.25, 0.3) is 0 Å². The molecule has 2 nitrogen and oxygen atoms in total. The highest BCUT2D eigenvalue weighted by atomic mass is 79.9. The van der Waals surface area contributed by atoms with Crippen molar-refractivity contribution in [2.45, 2.75) is 22.5 Å². The Bertz CT molecular complexity index is 631. The summed E-state index contributed by atoms with van der Waals surface area (Å²) in [4.78, 5) is 0.202. The van der Waals surface area contributed by atoms with Crippen molar-refractivity contribution in [1.82, 2.24) is 0 Å². The molecule has 1 aromatic rings. The first-order valence-electron chi connectivity index (χ1n) is 7.75. The van der Waals surface area contributed by atoms with E-state index < -0.39 is 11.2 Å². The summed E-state index contributed by atoms with van der Waals surface area (Å²) in [6.07, 6.45) is 1.24. The third kappa shape index (κ3) is 0.768. The maximum atomic E-state index is 11.6. The molecule has 0 heterocycles. The number of aliphatic hydroxyl groups is 2.